The number of nitrogens with zero attached hydrogens (tertiary/aromatic N) is 3. The highest BCUT2D eigenvalue weighted by Gasteiger charge is 2.12. The third kappa shape index (κ3) is 1.64. The number of pyridine rings is 1. The van der Waals surface area contributed by atoms with Crippen molar-refractivity contribution in [3.05, 3.63) is 35.7 Å². The van der Waals surface area contributed by atoms with Crippen LogP contribution in [0.15, 0.2) is 24.4 Å². The summed E-state index contributed by atoms with van der Waals surface area (Å²) in [5.41, 5.74) is 9.63. The highest BCUT2D eigenvalue weighted by Crippen LogP contribution is 2.21. The van der Waals surface area contributed by atoms with Crippen LogP contribution in [0.4, 0.5) is 0 Å². The normalized spacial score (nSPS) is 10.6. The van der Waals surface area contributed by atoms with Crippen molar-refractivity contribution in [2.45, 2.75) is 13.5 Å². The number of hydrogen-bond donors (Lipinski definition) is 1. The fourth-order valence-corrected chi connectivity index (χ4v) is 1.70. The predicted octanol–water partition coefficient (Wildman–Crippen LogP) is 1.25. The first-order valence-corrected chi connectivity index (χ1v) is 4.88. The molecule has 2 N–H and O–H groups in total. The van der Waals surface area contributed by atoms with E-state index in [-0.39, 0.29) is 0 Å². The van der Waals surface area contributed by atoms with Gasteiger partial charge in [0.25, 0.3) is 0 Å². The Morgan fingerprint density at radius 3 is 2.73 bits per heavy atom. The van der Waals surface area contributed by atoms with E-state index < -0.39 is 0 Å². The first-order valence-electron chi connectivity index (χ1n) is 4.88. The maximum Gasteiger partial charge on any atom is 0.114 e. The fraction of sp³-hybridized carbons (Fsp3) is 0.273. The molecule has 0 amide bonds. The van der Waals surface area contributed by atoms with Crippen LogP contribution in [-0.4, -0.2) is 14.8 Å². The van der Waals surface area contributed by atoms with Gasteiger partial charge in [-0.15, -0.1) is 0 Å². The Balaban J connectivity index is 2.55. The van der Waals surface area contributed by atoms with E-state index in [9.17, 15) is 0 Å². The molecule has 4 nitrogen and oxygen atoms in total. The first-order chi connectivity index (χ1) is 7.24. The van der Waals surface area contributed by atoms with Crippen molar-refractivity contribution >= 4 is 0 Å². The molecule has 2 rings (SSSR count). The molecule has 2 aromatic heterocycles. The van der Waals surface area contributed by atoms with E-state index in [0.717, 1.165) is 22.6 Å². The molecule has 15 heavy (non-hydrogen) atoms. The predicted molar refractivity (Wildman–Crippen MR) is 59.1 cm³/mol. The van der Waals surface area contributed by atoms with Gasteiger partial charge in [0, 0.05) is 25.4 Å². The monoisotopic (exact) mass is 202 g/mol. The minimum Gasteiger partial charge on any atom is -0.325 e. The lowest BCUT2D eigenvalue weighted by atomic mass is 10.1. The van der Waals surface area contributed by atoms with Gasteiger partial charge in [-0.25, -0.2) is 0 Å². The van der Waals surface area contributed by atoms with Crippen LogP contribution in [0.3, 0.4) is 0 Å². The Kier molecular flexibility index (Phi) is 2.51. The van der Waals surface area contributed by atoms with Crippen LogP contribution in [0.1, 0.15) is 11.3 Å². The number of nitrogens with two attached hydrogens (primary N) is 1. The van der Waals surface area contributed by atoms with Gasteiger partial charge in [-0.05, 0) is 19.1 Å². The van der Waals surface area contributed by atoms with Crippen LogP contribution in [0.2, 0.25) is 0 Å². The Bertz CT molecular complexity index is 459. The Morgan fingerprint density at radius 1 is 1.40 bits per heavy atom. The average molecular weight is 202 g/mol. The van der Waals surface area contributed by atoms with Gasteiger partial charge in [0.1, 0.15) is 5.69 Å². The van der Waals surface area contributed by atoms with Gasteiger partial charge in [-0.2, -0.15) is 5.10 Å². The van der Waals surface area contributed by atoms with Crippen LogP contribution in [-0.2, 0) is 13.6 Å². The molecule has 2 aromatic rings. The van der Waals surface area contributed by atoms with E-state index in [4.69, 9.17) is 5.73 Å². The summed E-state index contributed by atoms with van der Waals surface area (Å²) in [5.74, 6) is 0. The molecule has 78 valence electrons. The summed E-state index contributed by atoms with van der Waals surface area (Å²) in [6, 6.07) is 5.81. The lowest BCUT2D eigenvalue weighted by molar-refractivity contribution is 0.711. The molecule has 0 aliphatic heterocycles. The molecule has 0 spiro atoms. The van der Waals surface area contributed by atoms with Crippen molar-refractivity contribution in [1.29, 1.82) is 0 Å². The number of aromatic nitrogens is 3. The molecule has 0 atom stereocenters. The van der Waals surface area contributed by atoms with E-state index in [2.05, 4.69) is 10.1 Å². The summed E-state index contributed by atoms with van der Waals surface area (Å²) in [6.07, 6.45) is 1.77. The summed E-state index contributed by atoms with van der Waals surface area (Å²) in [6.45, 7) is 2.53. The van der Waals surface area contributed by atoms with Crippen molar-refractivity contribution in [3.8, 4) is 11.4 Å². The maximum atomic E-state index is 5.66. The van der Waals surface area contributed by atoms with Crippen LogP contribution in [0.25, 0.3) is 11.4 Å². The number of aryl methyl sites for hydroxylation is 1. The molecule has 0 saturated heterocycles. The zero-order valence-corrected chi connectivity index (χ0v) is 8.94. The molecule has 0 aromatic carbocycles. The fourth-order valence-electron chi connectivity index (χ4n) is 1.70. The van der Waals surface area contributed by atoms with Gasteiger partial charge < -0.3 is 5.73 Å². The molecule has 4 heteroatoms. The summed E-state index contributed by atoms with van der Waals surface area (Å²) in [5, 5.41) is 4.43. The molecule has 0 saturated carbocycles. The van der Waals surface area contributed by atoms with Crippen LogP contribution < -0.4 is 5.73 Å². The van der Waals surface area contributed by atoms with E-state index in [1.807, 2.05) is 36.9 Å². The average Bonchev–Trinajstić information content (AvgIpc) is 2.55. The van der Waals surface area contributed by atoms with Crippen LogP contribution >= 0.6 is 0 Å². The van der Waals surface area contributed by atoms with Crippen LogP contribution in [0.5, 0.6) is 0 Å². The third-order valence-electron chi connectivity index (χ3n) is 2.53. The van der Waals surface area contributed by atoms with E-state index in [0.29, 0.717) is 6.54 Å². The van der Waals surface area contributed by atoms with Crippen molar-refractivity contribution in [3.63, 3.8) is 0 Å². The van der Waals surface area contributed by atoms with Gasteiger partial charge in [0.15, 0.2) is 0 Å². The lowest BCUT2D eigenvalue weighted by Crippen LogP contribution is -2.05. The molecule has 0 aliphatic rings. The summed E-state index contributed by atoms with van der Waals surface area (Å²) in [4.78, 5) is 4.28. The van der Waals surface area contributed by atoms with E-state index in [1.165, 1.54) is 0 Å². The molecule has 2 heterocycles. The molecule has 0 fully saturated rings. The van der Waals surface area contributed by atoms with Gasteiger partial charge in [-0.3, -0.25) is 9.67 Å². The highest BCUT2D eigenvalue weighted by atomic mass is 15.3. The van der Waals surface area contributed by atoms with Gasteiger partial charge in [0.05, 0.1) is 11.4 Å². The Labute approximate surface area is 88.8 Å². The Morgan fingerprint density at radius 2 is 2.20 bits per heavy atom. The third-order valence-corrected chi connectivity index (χ3v) is 2.53. The zero-order chi connectivity index (χ0) is 10.8. The van der Waals surface area contributed by atoms with Crippen molar-refractivity contribution in [2.75, 3.05) is 0 Å². The van der Waals surface area contributed by atoms with Crippen molar-refractivity contribution < 1.29 is 0 Å². The quantitative estimate of drug-likeness (QED) is 0.797. The minimum atomic E-state index is 0.502. The largest absolute Gasteiger partial charge is 0.325 e. The molecule has 0 aliphatic carbocycles. The van der Waals surface area contributed by atoms with Gasteiger partial charge in [0.2, 0.25) is 0 Å². The number of hydrogen-bond acceptors (Lipinski definition) is 3. The Hall–Kier alpha value is -1.68. The zero-order valence-electron chi connectivity index (χ0n) is 8.94. The van der Waals surface area contributed by atoms with E-state index >= 15 is 0 Å². The molecule has 0 bridgehead atoms. The maximum absolute atomic E-state index is 5.66. The lowest BCUT2D eigenvalue weighted by Gasteiger charge is -1.97. The molecule has 0 radical (unpaired) electrons. The SMILES string of the molecule is Cc1c(-c2ccccn2)nn(C)c1CN. The topological polar surface area (TPSA) is 56.7 Å². The van der Waals surface area contributed by atoms with E-state index in [1.54, 1.807) is 6.20 Å². The smallest absolute Gasteiger partial charge is 0.114 e. The summed E-state index contributed by atoms with van der Waals surface area (Å²) in [7, 11) is 1.90. The second kappa shape index (κ2) is 3.82. The van der Waals surface area contributed by atoms with Gasteiger partial charge >= 0.3 is 0 Å². The summed E-state index contributed by atoms with van der Waals surface area (Å²) < 4.78 is 1.82. The van der Waals surface area contributed by atoms with Crippen molar-refractivity contribution in [2.24, 2.45) is 12.8 Å². The number of rotatable bonds is 2. The minimum absolute atomic E-state index is 0.502. The second-order valence-electron chi connectivity index (χ2n) is 3.46. The van der Waals surface area contributed by atoms with Crippen LogP contribution in [0, 0.1) is 6.92 Å². The van der Waals surface area contributed by atoms with Crippen molar-refractivity contribution in [1.82, 2.24) is 14.8 Å². The first kappa shape index (κ1) is 9.86. The molecule has 0 unspecified atom stereocenters. The second-order valence-corrected chi connectivity index (χ2v) is 3.46. The van der Waals surface area contributed by atoms with Gasteiger partial charge in [-0.1, -0.05) is 6.07 Å². The molecular weight excluding hydrogens is 188 g/mol. The standard InChI is InChI=1S/C11H14N4/c1-8-10(7-12)15(2)14-11(8)9-5-3-4-6-13-9/h3-6H,7,12H2,1-2H3. The summed E-state index contributed by atoms with van der Waals surface area (Å²) >= 11 is 0. The highest BCUT2D eigenvalue weighted by molar-refractivity contribution is 5.59. The molecular formula is C11H14N4.